The van der Waals surface area contributed by atoms with E-state index in [0.717, 1.165) is 18.2 Å². The van der Waals surface area contributed by atoms with E-state index >= 15 is 0 Å². The van der Waals surface area contributed by atoms with E-state index in [9.17, 15) is 0 Å². The zero-order chi connectivity index (χ0) is 14.0. The zero-order valence-corrected chi connectivity index (χ0v) is 12.6. The van der Waals surface area contributed by atoms with Gasteiger partial charge in [0.2, 0.25) is 0 Å². The summed E-state index contributed by atoms with van der Waals surface area (Å²) >= 11 is 5.97. The summed E-state index contributed by atoms with van der Waals surface area (Å²) in [6, 6.07) is 8.66. The molecule has 0 bridgehead atoms. The molecule has 0 aliphatic carbocycles. The molecule has 1 aromatic carbocycles. The molecule has 2 rings (SSSR count). The van der Waals surface area contributed by atoms with E-state index in [0.29, 0.717) is 6.04 Å². The van der Waals surface area contributed by atoms with Gasteiger partial charge in [0.25, 0.3) is 0 Å². The quantitative estimate of drug-likeness (QED) is 0.926. The molecule has 3 nitrogen and oxygen atoms in total. The average molecular weight is 283 g/mol. The fraction of sp³-hybridized carbons (Fsp3) is 0.600. The smallest absolute Gasteiger partial charge is 0.0675 e. The predicted octanol–water partition coefficient (Wildman–Crippen LogP) is 2.84. The third-order valence-corrected chi connectivity index (χ3v) is 3.97. The van der Waals surface area contributed by atoms with Crippen LogP contribution < -0.4 is 5.73 Å². The van der Waals surface area contributed by atoms with E-state index in [1.807, 2.05) is 12.1 Å². The molecule has 1 aliphatic heterocycles. The maximum absolute atomic E-state index is 6.23. The summed E-state index contributed by atoms with van der Waals surface area (Å²) in [6.45, 7) is 8.04. The van der Waals surface area contributed by atoms with Crippen LogP contribution in [0.2, 0.25) is 5.02 Å². The van der Waals surface area contributed by atoms with Gasteiger partial charge < -0.3 is 10.5 Å². The minimum atomic E-state index is 0.0638. The van der Waals surface area contributed by atoms with Gasteiger partial charge in [-0.3, -0.25) is 4.90 Å². The number of morpholine rings is 1. The monoisotopic (exact) mass is 282 g/mol. The van der Waals surface area contributed by atoms with Gasteiger partial charge in [-0.05, 0) is 38.5 Å². The lowest BCUT2D eigenvalue weighted by Crippen LogP contribution is -2.52. The van der Waals surface area contributed by atoms with Gasteiger partial charge in [0, 0.05) is 23.7 Å². The van der Waals surface area contributed by atoms with Crippen molar-refractivity contribution in [1.29, 1.82) is 0 Å². The summed E-state index contributed by atoms with van der Waals surface area (Å²) in [5, 5.41) is 0.760. The van der Waals surface area contributed by atoms with Gasteiger partial charge in [-0.2, -0.15) is 0 Å². The van der Waals surface area contributed by atoms with Crippen LogP contribution in [0.5, 0.6) is 0 Å². The van der Waals surface area contributed by atoms with E-state index < -0.39 is 0 Å². The molecular formula is C15H23ClN2O. The molecule has 4 unspecified atom stereocenters. The van der Waals surface area contributed by atoms with Crippen LogP contribution in [0.4, 0.5) is 0 Å². The Kier molecular flexibility index (Phi) is 4.85. The van der Waals surface area contributed by atoms with Gasteiger partial charge in [-0.25, -0.2) is 0 Å². The van der Waals surface area contributed by atoms with Crippen LogP contribution in [0.25, 0.3) is 0 Å². The molecule has 2 N–H and O–H groups in total. The van der Waals surface area contributed by atoms with E-state index in [1.54, 1.807) is 0 Å². The van der Waals surface area contributed by atoms with Crippen LogP contribution in [0.15, 0.2) is 24.3 Å². The summed E-state index contributed by atoms with van der Waals surface area (Å²) < 4.78 is 5.70. The summed E-state index contributed by atoms with van der Waals surface area (Å²) in [7, 11) is 0. The summed E-state index contributed by atoms with van der Waals surface area (Å²) in [5.74, 6) is 0. The van der Waals surface area contributed by atoms with Crippen LogP contribution in [0.3, 0.4) is 0 Å². The van der Waals surface area contributed by atoms with E-state index in [1.165, 1.54) is 5.56 Å². The van der Waals surface area contributed by atoms with Gasteiger partial charge in [-0.15, -0.1) is 0 Å². The molecule has 1 heterocycles. The van der Waals surface area contributed by atoms with Gasteiger partial charge in [0.15, 0.2) is 0 Å². The largest absolute Gasteiger partial charge is 0.376 e. The first-order valence-electron chi connectivity index (χ1n) is 6.87. The first kappa shape index (κ1) is 14.8. The Hall–Kier alpha value is -0.610. The summed E-state index contributed by atoms with van der Waals surface area (Å²) in [4.78, 5) is 2.45. The Morgan fingerprint density at radius 3 is 2.53 bits per heavy atom. The number of benzene rings is 1. The minimum Gasteiger partial charge on any atom is -0.376 e. The molecule has 0 spiro atoms. The highest BCUT2D eigenvalue weighted by molar-refractivity contribution is 6.30. The van der Waals surface area contributed by atoms with Crippen LogP contribution >= 0.6 is 11.6 Å². The van der Waals surface area contributed by atoms with Crippen LogP contribution in [0, 0.1) is 0 Å². The first-order valence-corrected chi connectivity index (χ1v) is 7.25. The number of rotatable bonds is 3. The number of nitrogens with zero attached hydrogens (tertiary/aromatic N) is 1. The number of halogens is 1. The van der Waals surface area contributed by atoms with Gasteiger partial charge in [0.05, 0.1) is 18.8 Å². The third kappa shape index (κ3) is 3.48. The average Bonchev–Trinajstić information content (AvgIpc) is 2.36. The molecule has 0 saturated carbocycles. The topological polar surface area (TPSA) is 38.5 Å². The van der Waals surface area contributed by atoms with Crippen molar-refractivity contribution in [1.82, 2.24) is 4.90 Å². The predicted molar refractivity (Wildman–Crippen MR) is 79.4 cm³/mol. The molecule has 106 valence electrons. The molecule has 1 aromatic rings. The number of hydrogen-bond donors (Lipinski definition) is 1. The van der Waals surface area contributed by atoms with Crippen molar-refractivity contribution < 1.29 is 4.74 Å². The number of nitrogens with two attached hydrogens (primary N) is 1. The van der Waals surface area contributed by atoms with Gasteiger partial charge in [-0.1, -0.05) is 23.7 Å². The SMILES string of the molecule is CC1CN(C(c2ccc(Cl)cc2)C(C)N)C(C)CO1. The summed E-state index contributed by atoms with van der Waals surface area (Å²) in [6.07, 6.45) is 0.254. The van der Waals surface area contributed by atoms with Crippen molar-refractivity contribution in [3.8, 4) is 0 Å². The first-order chi connectivity index (χ1) is 8.99. The lowest BCUT2D eigenvalue weighted by atomic mass is 9.96. The fourth-order valence-electron chi connectivity index (χ4n) is 2.77. The lowest BCUT2D eigenvalue weighted by Gasteiger charge is -2.43. The standard InChI is InChI=1S/C15H23ClN2O/c1-10-9-19-11(2)8-18(10)15(12(3)17)13-4-6-14(16)7-5-13/h4-7,10-12,15H,8-9,17H2,1-3H3. The second-order valence-electron chi connectivity index (χ2n) is 5.55. The number of hydrogen-bond acceptors (Lipinski definition) is 3. The summed E-state index contributed by atoms with van der Waals surface area (Å²) in [5.41, 5.74) is 7.45. The van der Waals surface area contributed by atoms with Crippen molar-refractivity contribution in [2.45, 2.75) is 45.0 Å². The van der Waals surface area contributed by atoms with E-state index in [2.05, 4.69) is 37.8 Å². The second-order valence-corrected chi connectivity index (χ2v) is 5.98. The fourth-order valence-corrected chi connectivity index (χ4v) is 2.90. The molecule has 0 amide bonds. The van der Waals surface area contributed by atoms with Crippen molar-refractivity contribution in [3.05, 3.63) is 34.9 Å². The van der Waals surface area contributed by atoms with Crippen molar-refractivity contribution in [3.63, 3.8) is 0 Å². The van der Waals surface area contributed by atoms with Gasteiger partial charge in [0.1, 0.15) is 0 Å². The highest BCUT2D eigenvalue weighted by Gasteiger charge is 2.32. The molecule has 1 fully saturated rings. The van der Waals surface area contributed by atoms with Crippen LogP contribution in [-0.4, -0.2) is 36.2 Å². The molecular weight excluding hydrogens is 260 g/mol. The Morgan fingerprint density at radius 2 is 1.95 bits per heavy atom. The van der Waals surface area contributed by atoms with Gasteiger partial charge >= 0.3 is 0 Å². The second kappa shape index (κ2) is 6.23. The zero-order valence-electron chi connectivity index (χ0n) is 11.8. The lowest BCUT2D eigenvalue weighted by molar-refractivity contribution is -0.0697. The Labute approximate surface area is 120 Å². The van der Waals surface area contributed by atoms with Crippen LogP contribution in [-0.2, 0) is 4.74 Å². The number of ether oxygens (including phenoxy) is 1. The highest BCUT2D eigenvalue weighted by Crippen LogP contribution is 2.29. The van der Waals surface area contributed by atoms with E-state index in [-0.39, 0.29) is 18.2 Å². The van der Waals surface area contributed by atoms with Crippen molar-refractivity contribution in [2.24, 2.45) is 5.73 Å². The molecule has 4 atom stereocenters. The molecule has 1 aliphatic rings. The third-order valence-electron chi connectivity index (χ3n) is 3.72. The van der Waals surface area contributed by atoms with Crippen LogP contribution in [0.1, 0.15) is 32.4 Å². The molecule has 0 aromatic heterocycles. The molecule has 19 heavy (non-hydrogen) atoms. The molecule has 1 saturated heterocycles. The normalized spacial score (nSPS) is 28.1. The Morgan fingerprint density at radius 1 is 1.32 bits per heavy atom. The van der Waals surface area contributed by atoms with Crippen molar-refractivity contribution in [2.75, 3.05) is 13.2 Å². The van der Waals surface area contributed by atoms with E-state index in [4.69, 9.17) is 22.1 Å². The maximum Gasteiger partial charge on any atom is 0.0675 e. The van der Waals surface area contributed by atoms with Crippen molar-refractivity contribution >= 4 is 11.6 Å². The minimum absolute atomic E-state index is 0.0638. The Bertz CT molecular complexity index is 407. The Balaban J connectivity index is 2.26. The molecule has 4 heteroatoms. The highest BCUT2D eigenvalue weighted by atomic mass is 35.5. The maximum atomic E-state index is 6.23. The molecule has 0 radical (unpaired) electrons.